The van der Waals surface area contributed by atoms with E-state index in [1.54, 1.807) is 0 Å². The van der Waals surface area contributed by atoms with Crippen molar-refractivity contribution in [3.63, 3.8) is 0 Å². The maximum Gasteiger partial charge on any atom is 0.234 e. The van der Waals surface area contributed by atoms with Crippen LogP contribution in [0, 0.1) is 0 Å². The van der Waals surface area contributed by atoms with Gasteiger partial charge in [0.05, 0.1) is 0 Å². The lowest BCUT2D eigenvalue weighted by molar-refractivity contribution is 0.612. The van der Waals surface area contributed by atoms with E-state index in [0.29, 0.717) is 0 Å². The Morgan fingerprint density at radius 3 is 2.80 bits per heavy atom. The van der Waals surface area contributed by atoms with Crippen LogP contribution < -0.4 is 0 Å². The molecule has 0 aliphatic carbocycles. The van der Waals surface area contributed by atoms with Gasteiger partial charge in [0.25, 0.3) is 0 Å². The summed E-state index contributed by atoms with van der Waals surface area (Å²) >= 11 is 1.81. The third-order valence-electron chi connectivity index (χ3n) is 2.06. The van der Waals surface area contributed by atoms with Gasteiger partial charge in [-0.2, -0.15) is 0 Å². The van der Waals surface area contributed by atoms with Crippen LogP contribution in [0.5, 0.6) is 0 Å². The summed E-state index contributed by atoms with van der Waals surface area (Å²) in [5.74, 6) is 1.90. The summed E-state index contributed by atoms with van der Waals surface area (Å²) in [5.41, 5.74) is 1.18. The van der Waals surface area contributed by atoms with Gasteiger partial charge >= 0.3 is 0 Å². The molecule has 0 saturated carbocycles. The second-order valence-electron chi connectivity index (χ2n) is 3.79. The molecule has 0 aromatic heterocycles. The van der Waals surface area contributed by atoms with Crippen LogP contribution in [0.25, 0.3) is 0 Å². The second-order valence-corrected chi connectivity index (χ2v) is 4.90. The Balaban J connectivity index is 2.67. The molecule has 1 aliphatic rings. The predicted octanol–water partition coefficient (Wildman–Crippen LogP) is 3.10. The molecule has 0 radical (unpaired) electrons. The summed E-state index contributed by atoms with van der Waals surface area (Å²) < 4.78 is 2.15. The van der Waals surface area contributed by atoms with E-state index in [0.717, 1.165) is 18.3 Å². The van der Waals surface area contributed by atoms with Gasteiger partial charge < -0.3 is 0 Å². The zero-order valence-corrected chi connectivity index (χ0v) is 10.4. The summed E-state index contributed by atoms with van der Waals surface area (Å²) in [5, 5.41) is 0. The van der Waals surface area contributed by atoms with Gasteiger partial charge in [0.15, 0.2) is 0 Å². The fraction of sp³-hybridized carbons (Fsp3) is 0.636. The van der Waals surface area contributed by atoms with Crippen molar-refractivity contribution in [2.24, 2.45) is 9.98 Å². The first-order valence-corrected chi connectivity index (χ1v) is 6.26. The molecule has 3 nitrogen and oxygen atoms in total. The van der Waals surface area contributed by atoms with Crippen LogP contribution in [0.1, 0.15) is 33.1 Å². The predicted molar refractivity (Wildman–Crippen MR) is 69.4 cm³/mol. The average molecular weight is 225 g/mol. The molecule has 0 spiro atoms. The maximum absolute atomic E-state index is 4.34. The normalized spacial score (nSPS) is 18.3. The lowest BCUT2D eigenvalue weighted by Crippen LogP contribution is -2.22. The molecule has 1 fully saturated rings. The van der Waals surface area contributed by atoms with Gasteiger partial charge in [-0.3, -0.25) is 4.31 Å². The minimum absolute atomic E-state index is 0.739. The minimum Gasteiger partial charge on any atom is -0.285 e. The highest BCUT2D eigenvalue weighted by Gasteiger charge is 2.12. The SMILES string of the molecule is C=NC(=NC=C(C)C)N1CCCCCS1. The van der Waals surface area contributed by atoms with Gasteiger partial charge in [-0.15, -0.1) is 0 Å². The fourth-order valence-electron chi connectivity index (χ4n) is 1.30. The zero-order valence-electron chi connectivity index (χ0n) is 9.57. The highest BCUT2D eigenvalue weighted by atomic mass is 32.2. The molecule has 0 unspecified atom stereocenters. The van der Waals surface area contributed by atoms with Crippen LogP contribution >= 0.6 is 11.9 Å². The molecule has 1 saturated heterocycles. The smallest absolute Gasteiger partial charge is 0.234 e. The number of allylic oxidation sites excluding steroid dienone is 1. The summed E-state index contributed by atoms with van der Waals surface area (Å²) in [6.07, 6.45) is 5.65. The van der Waals surface area contributed by atoms with Gasteiger partial charge in [0.2, 0.25) is 5.96 Å². The Bertz CT molecular complexity index is 259. The van der Waals surface area contributed by atoms with Crippen molar-refractivity contribution < 1.29 is 0 Å². The van der Waals surface area contributed by atoms with Crippen LogP contribution in [-0.2, 0) is 0 Å². The summed E-state index contributed by atoms with van der Waals surface area (Å²) in [6.45, 7) is 8.66. The second kappa shape index (κ2) is 6.67. The van der Waals surface area contributed by atoms with E-state index in [9.17, 15) is 0 Å². The van der Waals surface area contributed by atoms with Crippen LogP contribution in [0.15, 0.2) is 21.8 Å². The van der Waals surface area contributed by atoms with Crippen LogP contribution in [0.3, 0.4) is 0 Å². The molecule has 4 heteroatoms. The minimum atomic E-state index is 0.739. The van der Waals surface area contributed by atoms with Gasteiger partial charge in [-0.1, -0.05) is 12.0 Å². The van der Waals surface area contributed by atoms with Gasteiger partial charge in [0.1, 0.15) is 0 Å². The third-order valence-corrected chi connectivity index (χ3v) is 3.18. The monoisotopic (exact) mass is 225 g/mol. The molecule has 1 heterocycles. The van der Waals surface area contributed by atoms with Crippen molar-refractivity contribution in [2.45, 2.75) is 33.1 Å². The first-order chi connectivity index (χ1) is 7.24. The lowest BCUT2D eigenvalue weighted by atomic mass is 10.2. The molecular formula is C11H19N3S. The molecule has 0 bridgehead atoms. The molecule has 1 aliphatic heterocycles. The van der Waals surface area contributed by atoms with Gasteiger partial charge in [-0.25, -0.2) is 9.98 Å². The summed E-state index contributed by atoms with van der Waals surface area (Å²) in [4.78, 5) is 8.32. The number of hydrogen-bond acceptors (Lipinski definition) is 2. The third kappa shape index (κ3) is 4.51. The van der Waals surface area contributed by atoms with Crippen LogP contribution in [0.2, 0.25) is 0 Å². The topological polar surface area (TPSA) is 28.0 Å². The highest BCUT2D eigenvalue weighted by Crippen LogP contribution is 2.20. The Labute approximate surface area is 96.5 Å². The fourth-order valence-corrected chi connectivity index (χ4v) is 2.33. The Morgan fingerprint density at radius 2 is 2.13 bits per heavy atom. The van der Waals surface area contributed by atoms with E-state index in [4.69, 9.17) is 0 Å². The Kier molecular flexibility index (Phi) is 5.47. The molecule has 0 amide bonds. The molecule has 15 heavy (non-hydrogen) atoms. The first kappa shape index (κ1) is 12.3. The van der Waals surface area contributed by atoms with Gasteiger partial charge in [0, 0.05) is 18.5 Å². The number of hydrogen-bond donors (Lipinski definition) is 0. The maximum atomic E-state index is 4.34. The van der Waals surface area contributed by atoms with Crippen LogP contribution in [-0.4, -0.2) is 29.3 Å². The quantitative estimate of drug-likeness (QED) is 0.389. The standard InChI is InChI=1S/C11H19N3S/c1-10(2)9-13-11(12-3)14-7-5-4-6-8-15-14/h9H,3-8H2,1-2H3. The Morgan fingerprint density at radius 1 is 1.33 bits per heavy atom. The molecular weight excluding hydrogens is 206 g/mol. The molecule has 0 atom stereocenters. The lowest BCUT2D eigenvalue weighted by Gasteiger charge is -2.18. The Hall–Kier alpha value is -0.770. The van der Waals surface area contributed by atoms with Crippen molar-refractivity contribution >= 4 is 24.6 Å². The molecule has 1 rings (SSSR count). The number of rotatable bonds is 1. The first-order valence-electron chi connectivity index (χ1n) is 5.32. The molecule has 0 aromatic rings. The zero-order chi connectivity index (χ0) is 11.1. The molecule has 0 N–H and O–H groups in total. The number of aliphatic imine (C=N–C) groups is 2. The molecule has 84 valence electrons. The van der Waals surface area contributed by atoms with E-state index in [-0.39, 0.29) is 0 Å². The van der Waals surface area contributed by atoms with Crippen LogP contribution in [0.4, 0.5) is 0 Å². The highest BCUT2D eigenvalue weighted by molar-refractivity contribution is 7.97. The van der Waals surface area contributed by atoms with Crippen molar-refractivity contribution in [1.29, 1.82) is 0 Å². The van der Waals surface area contributed by atoms with E-state index in [1.165, 1.54) is 24.8 Å². The largest absolute Gasteiger partial charge is 0.285 e. The van der Waals surface area contributed by atoms with Crippen molar-refractivity contribution in [1.82, 2.24) is 4.31 Å². The molecule has 0 aromatic carbocycles. The van der Waals surface area contributed by atoms with Gasteiger partial charge in [-0.05, 0) is 45.4 Å². The van der Waals surface area contributed by atoms with E-state index in [1.807, 2.05) is 32.0 Å². The average Bonchev–Trinajstić information content (AvgIpc) is 2.47. The van der Waals surface area contributed by atoms with E-state index < -0.39 is 0 Å². The summed E-state index contributed by atoms with van der Waals surface area (Å²) in [6, 6.07) is 0. The van der Waals surface area contributed by atoms with E-state index >= 15 is 0 Å². The van der Waals surface area contributed by atoms with E-state index in [2.05, 4.69) is 21.0 Å². The number of nitrogens with zero attached hydrogens (tertiary/aromatic N) is 3. The van der Waals surface area contributed by atoms with Crippen molar-refractivity contribution in [2.75, 3.05) is 12.3 Å². The summed E-state index contributed by atoms with van der Waals surface area (Å²) in [7, 11) is 0. The number of guanidine groups is 1. The van der Waals surface area contributed by atoms with Crippen molar-refractivity contribution in [3.05, 3.63) is 11.8 Å². The van der Waals surface area contributed by atoms with Crippen molar-refractivity contribution in [3.8, 4) is 0 Å².